The van der Waals surface area contributed by atoms with Gasteiger partial charge in [0.2, 0.25) is 5.78 Å². The average Bonchev–Trinajstić information content (AvgIpc) is 3.08. The number of aromatic nitrogens is 3. The fourth-order valence-electron chi connectivity index (χ4n) is 3.37. The molecule has 2 aromatic heterocycles. The van der Waals surface area contributed by atoms with Crippen molar-refractivity contribution in [3.63, 3.8) is 0 Å². The molecule has 4 aromatic rings. The van der Waals surface area contributed by atoms with Crippen LogP contribution in [0.4, 0.5) is 0 Å². The molecule has 28 heavy (non-hydrogen) atoms. The van der Waals surface area contributed by atoms with E-state index in [1.54, 1.807) is 27.3 Å². The summed E-state index contributed by atoms with van der Waals surface area (Å²) in [6.45, 7) is 3.68. The summed E-state index contributed by atoms with van der Waals surface area (Å²) in [5.74, 6) is 0.404. The maximum Gasteiger partial charge on any atom is 0.273 e. The van der Waals surface area contributed by atoms with Gasteiger partial charge in [-0.3, -0.25) is 9.59 Å². The first kappa shape index (κ1) is 18.4. The number of hydrogen-bond acceptors (Lipinski definition) is 3. The molecule has 4 rings (SSSR count). The number of nitrogens with zero attached hydrogens (tertiary/aromatic N) is 3. The van der Waals surface area contributed by atoms with Gasteiger partial charge in [-0.2, -0.15) is 0 Å². The number of ketones is 1. The number of carbonyl (C=O) groups excluding carboxylic acids is 1. The van der Waals surface area contributed by atoms with Crippen LogP contribution >= 0.6 is 15.9 Å². The minimum Gasteiger partial charge on any atom is -0.306 e. The van der Waals surface area contributed by atoms with E-state index >= 15 is 0 Å². The number of benzene rings is 2. The highest BCUT2D eigenvalue weighted by atomic mass is 79.9. The highest BCUT2D eigenvalue weighted by Crippen LogP contribution is 2.25. The second-order valence-corrected chi connectivity index (χ2v) is 7.50. The van der Waals surface area contributed by atoms with Crippen LogP contribution in [0.25, 0.3) is 17.0 Å². The van der Waals surface area contributed by atoms with Crippen LogP contribution < -0.4 is 5.56 Å². The van der Waals surface area contributed by atoms with Gasteiger partial charge in [0, 0.05) is 17.3 Å². The molecule has 5 nitrogen and oxygen atoms in total. The van der Waals surface area contributed by atoms with E-state index < -0.39 is 6.04 Å². The van der Waals surface area contributed by atoms with E-state index in [0.717, 1.165) is 17.0 Å². The zero-order chi connectivity index (χ0) is 19.8. The number of hydrogen-bond donors (Lipinski definition) is 0. The third kappa shape index (κ3) is 2.99. The van der Waals surface area contributed by atoms with Gasteiger partial charge in [-0.1, -0.05) is 60.7 Å². The quantitative estimate of drug-likeness (QED) is 0.437. The summed E-state index contributed by atoms with van der Waals surface area (Å²) in [5.41, 5.74) is 2.81. The highest BCUT2D eigenvalue weighted by molar-refractivity contribution is 9.10. The Morgan fingerprint density at radius 3 is 2.29 bits per heavy atom. The Morgan fingerprint density at radius 2 is 1.64 bits per heavy atom. The van der Waals surface area contributed by atoms with Crippen molar-refractivity contribution in [2.45, 2.75) is 19.9 Å². The van der Waals surface area contributed by atoms with Gasteiger partial charge in [-0.25, -0.2) is 9.38 Å². The molecule has 0 fully saturated rings. The zero-order valence-corrected chi connectivity index (χ0v) is 17.1. The maximum absolute atomic E-state index is 13.0. The van der Waals surface area contributed by atoms with Gasteiger partial charge < -0.3 is 4.57 Å². The van der Waals surface area contributed by atoms with Crippen LogP contribution in [-0.4, -0.2) is 19.7 Å². The largest absolute Gasteiger partial charge is 0.306 e. The van der Waals surface area contributed by atoms with Crippen molar-refractivity contribution >= 4 is 27.5 Å². The number of aryl methyl sites for hydroxylation is 1. The molecule has 0 N–H and O–H groups in total. The standard InChI is InChI=1S/C22H18BrN3O2/c1-14-19(16-9-5-3-6-10-16)24-22-25(13-18(23)21(28)26(14)22)15(2)20(27)17-11-7-4-8-12-17/h3-13,15H,1-2H3. The fraction of sp³-hybridized carbons (Fsp3) is 0.136. The van der Waals surface area contributed by atoms with E-state index in [-0.39, 0.29) is 11.3 Å². The fourth-order valence-corrected chi connectivity index (χ4v) is 3.77. The molecule has 0 bridgehead atoms. The summed E-state index contributed by atoms with van der Waals surface area (Å²) >= 11 is 3.35. The van der Waals surface area contributed by atoms with Crippen LogP contribution in [0.15, 0.2) is 76.1 Å². The summed E-state index contributed by atoms with van der Waals surface area (Å²) in [4.78, 5) is 30.5. The Morgan fingerprint density at radius 1 is 1.04 bits per heavy atom. The lowest BCUT2D eigenvalue weighted by atomic mass is 10.1. The summed E-state index contributed by atoms with van der Waals surface area (Å²) in [6.07, 6.45) is 1.64. The molecule has 0 aliphatic carbocycles. The molecular formula is C22H18BrN3O2. The Hall–Kier alpha value is -2.99. The monoisotopic (exact) mass is 435 g/mol. The van der Waals surface area contributed by atoms with Crippen LogP contribution in [-0.2, 0) is 0 Å². The number of imidazole rings is 1. The van der Waals surface area contributed by atoms with E-state index in [4.69, 9.17) is 4.98 Å². The topological polar surface area (TPSA) is 56.4 Å². The first-order chi connectivity index (χ1) is 13.5. The SMILES string of the molecule is Cc1c(-c2ccccc2)nc2n(C(C)C(=O)c3ccccc3)cc(Br)c(=O)n12. The van der Waals surface area contributed by atoms with Crippen LogP contribution in [0, 0.1) is 6.92 Å². The molecule has 1 unspecified atom stereocenters. The number of fused-ring (bicyclic) bond motifs is 1. The van der Waals surface area contributed by atoms with E-state index in [0.29, 0.717) is 15.8 Å². The van der Waals surface area contributed by atoms with Gasteiger partial charge in [0.05, 0.1) is 21.9 Å². The molecule has 2 heterocycles. The highest BCUT2D eigenvalue weighted by Gasteiger charge is 2.23. The van der Waals surface area contributed by atoms with Crippen LogP contribution in [0.5, 0.6) is 0 Å². The first-order valence-electron chi connectivity index (χ1n) is 8.93. The minimum absolute atomic E-state index is 0.0417. The predicted octanol–water partition coefficient (Wildman–Crippen LogP) is 4.68. The lowest BCUT2D eigenvalue weighted by Crippen LogP contribution is -2.24. The molecule has 6 heteroatoms. The third-order valence-corrected chi connectivity index (χ3v) is 5.43. The van der Waals surface area contributed by atoms with Crippen LogP contribution in [0.2, 0.25) is 0 Å². The van der Waals surface area contributed by atoms with E-state index in [9.17, 15) is 9.59 Å². The molecular weight excluding hydrogens is 418 g/mol. The van der Waals surface area contributed by atoms with Crippen molar-refractivity contribution in [2.75, 3.05) is 0 Å². The van der Waals surface area contributed by atoms with Crippen LogP contribution in [0.1, 0.15) is 29.0 Å². The second kappa shape index (κ2) is 7.20. The van der Waals surface area contributed by atoms with Crippen molar-refractivity contribution < 1.29 is 4.79 Å². The maximum atomic E-state index is 13.0. The molecule has 2 aromatic carbocycles. The molecule has 0 spiro atoms. The Labute approximate surface area is 170 Å². The molecule has 140 valence electrons. The lowest BCUT2D eigenvalue weighted by molar-refractivity contribution is 0.0936. The zero-order valence-electron chi connectivity index (χ0n) is 15.5. The summed E-state index contributed by atoms with van der Waals surface area (Å²) < 4.78 is 3.69. The minimum atomic E-state index is -0.521. The van der Waals surface area contributed by atoms with Crippen molar-refractivity contribution in [3.05, 3.63) is 92.9 Å². The molecule has 0 radical (unpaired) electrons. The smallest absolute Gasteiger partial charge is 0.273 e. The summed E-state index contributed by atoms with van der Waals surface area (Å²) in [7, 11) is 0. The Balaban J connectivity index is 1.93. The molecule has 1 atom stereocenters. The van der Waals surface area contributed by atoms with Gasteiger partial charge in [0.25, 0.3) is 5.56 Å². The van der Waals surface area contributed by atoms with Crippen molar-refractivity contribution in [3.8, 4) is 11.3 Å². The van der Waals surface area contributed by atoms with Gasteiger partial charge in [-0.15, -0.1) is 0 Å². The number of carbonyl (C=O) groups is 1. The number of rotatable bonds is 4. The Bertz CT molecular complexity index is 1230. The normalized spacial score (nSPS) is 12.2. The molecule has 0 aliphatic rings. The van der Waals surface area contributed by atoms with Gasteiger partial charge in [0.1, 0.15) is 0 Å². The summed E-state index contributed by atoms with van der Waals surface area (Å²) in [5, 5.41) is 0. The number of Topliss-reactive ketones (excluding diaryl/α,β-unsaturated/α-hetero) is 1. The van der Waals surface area contributed by atoms with Gasteiger partial charge >= 0.3 is 0 Å². The molecule has 0 aliphatic heterocycles. The van der Waals surface area contributed by atoms with E-state index in [2.05, 4.69) is 15.9 Å². The van der Waals surface area contributed by atoms with Gasteiger partial charge in [0.15, 0.2) is 5.78 Å². The second-order valence-electron chi connectivity index (χ2n) is 6.64. The average molecular weight is 436 g/mol. The third-order valence-electron chi connectivity index (χ3n) is 4.88. The van der Waals surface area contributed by atoms with E-state index in [1.165, 1.54) is 0 Å². The summed E-state index contributed by atoms with van der Waals surface area (Å²) in [6, 6.07) is 18.3. The van der Waals surface area contributed by atoms with Crippen molar-refractivity contribution in [1.82, 2.24) is 14.0 Å². The first-order valence-corrected chi connectivity index (χ1v) is 9.72. The molecule has 0 saturated carbocycles. The van der Waals surface area contributed by atoms with E-state index in [1.807, 2.05) is 62.4 Å². The number of halogens is 1. The molecule has 0 amide bonds. The lowest BCUT2D eigenvalue weighted by Gasteiger charge is -2.16. The van der Waals surface area contributed by atoms with Crippen molar-refractivity contribution in [1.29, 1.82) is 0 Å². The van der Waals surface area contributed by atoms with Crippen molar-refractivity contribution in [2.24, 2.45) is 0 Å². The Kier molecular flexibility index (Phi) is 4.73. The molecule has 0 saturated heterocycles. The predicted molar refractivity (Wildman–Crippen MR) is 113 cm³/mol. The van der Waals surface area contributed by atoms with Crippen LogP contribution in [0.3, 0.4) is 0 Å². The van der Waals surface area contributed by atoms with Gasteiger partial charge in [-0.05, 0) is 29.8 Å².